The Balaban J connectivity index is 2.20. The number of nitrogens with zero attached hydrogens (tertiary/aromatic N) is 1. The summed E-state index contributed by atoms with van der Waals surface area (Å²) in [7, 11) is 2.10. The van der Waals surface area contributed by atoms with Crippen molar-refractivity contribution in [1.29, 1.82) is 0 Å². The number of hydrogen-bond acceptors (Lipinski definition) is 3. The summed E-state index contributed by atoms with van der Waals surface area (Å²) in [5.41, 5.74) is 2.30. The maximum absolute atomic E-state index is 6.51. The second-order valence-electron chi connectivity index (χ2n) is 5.29. The fourth-order valence-electron chi connectivity index (χ4n) is 2.43. The first-order valence-electron chi connectivity index (χ1n) is 7.33. The zero-order valence-corrected chi connectivity index (χ0v) is 14.6. The van der Waals surface area contributed by atoms with Gasteiger partial charge in [-0.1, -0.05) is 30.7 Å². The average Bonchev–Trinajstić information content (AvgIpc) is 3.00. The van der Waals surface area contributed by atoms with Gasteiger partial charge in [-0.3, -0.25) is 0 Å². The molecule has 0 radical (unpaired) electrons. The summed E-state index contributed by atoms with van der Waals surface area (Å²) in [6, 6.07) is 11.2. The summed E-state index contributed by atoms with van der Waals surface area (Å²) in [6.07, 6.45) is 0. The van der Waals surface area contributed by atoms with Crippen LogP contribution in [-0.2, 0) is 0 Å². The molecule has 0 amide bonds. The van der Waals surface area contributed by atoms with Crippen LogP contribution >= 0.6 is 22.9 Å². The highest BCUT2D eigenvalue weighted by atomic mass is 35.5. The molecule has 0 aliphatic rings. The van der Waals surface area contributed by atoms with E-state index in [9.17, 15) is 0 Å². The van der Waals surface area contributed by atoms with Crippen LogP contribution in [0.4, 0.5) is 5.69 Å². The predicted molar refractivity (Wildman–Crippen MR) is 94.7 cm³/mol. The summed E-state index contributed by atoms with van der Waals surface area (Å²) < 4.78 is 0. The molecule has 4 heteroatoms. The lowest BCUT2D eigenvalue weighted by Gasteiger charge is -2.28. The van der Waals surface area contributed by atoms with Crippen LogP contribution in [0.1, 0.15) is 43.3 Å². The van der Waals surface area contributed by atoms with Gasteiger partial charge in [0.2, 0.25) is 0 Å². The topological polar surface area (TPSA) is 15.3 Å². The second kappa shape index (κ2) is 7.30. The summed E-state index contributed by atoms with van der Waals surface area (Å²) in [6.45, 7) is 7.43. The van der Waals surface area contributed by atoms with Crippen LogP contribution in [0.5, 0.6) is 0 Å². The van der Waals surface area contributed by atoms with Gasteiger partial charge in [0.15, 0.2) is 0 Å². The van der Waals surface area contributed by atoms with E-state index in [2.05, 4.69) is 73.7 Å². The molecule has 0 aliphatic carbocycles. The predicted octanol–water partition coefficient (Wildman–Crippen LogP) is 5.27. The van der Waals surface area contributed by atoms with Gasteiger partial charge in [-0.25, -0.2) is 0 Å². The van der Waals surface area contributed by atoms with Gasteiger partial charge in [-0.05, 0) is 49.5 Å². The molecule has 1 heterocycles. The van der Waals surface area contributed by atoms with Crippen LogP contribution in [0.2, 0.25) is 5.02 Å². The summed E-state index contributed by atoms with van der Waals surface area (Å²) in [5, 5.41) is 6.33. The van der Waals surface area contributed by atoms with Crippen molar-refractivity contribution in [3.8, 4) is 0 Å². The minimum Gasteiger partial charge on any atom is -0.366 e. The normalized spacial score (nSPS) is 14.0. The Morgan fingerprint density at radius 3 is 2.62 bits per heavy atom. The van der Waals surface area contributed by atoms with Crippen molar-refractivity contribution >= 4 is 28.6 Å². The number of thiophene rings is 1. The SMILES string of the molecule is CCNC(C)c1ccc(N(C)C(C)c2cccs2)c(Cl)c1. The fraction of sp³-hybridized carbons (Fsp3) is 0.412. The largest absolute Gasteiger partial charge is 0.366 e. The van der Waals surface area contributed by atoms with Crippen LogP contribution < -0.4 is 10.2 Å². The standard InChI is InChI=1S/C17H23ClN2S/c1-5-19-12(2)14-8-9-16(15(18)11-14)20(4)13(3)17-7-6-10-21-17/h6-13,19H,5H2,1-4H3. The van der Waals surface area contributed by atoms with Gasteiger partial charge < -0.3 is 10.2 Å². The van der Waals surface area contributed by atoms with E-state index in [-0.39, 0.29) is 0 Å². The first kappa shape index (κ1) is 16.3. The van der Waals surface area contributed by atoms with Crippen molar-refractivity contribution in [2.75, 3.05) is 18.5 Å². The number of halogens is 1. The van der Waals surface area contributed by atoms with E-state index in [1.807, 2.05) is 0 Å². The monoisotopic (exact) mass is 322 g/mol. The number of rotatable bonds is 6. The van der Waals surface area contributed by atoms with E-state index in [0.29, 0.717) is 12.1 Å². The molecule has 1 N–H and O–H groups in total. The molecule has 2 aromatic rings. The Bertz CT molecular complexity index is 568. The molecule has 1 aromatic carbocycles. The molecule has 0 spiro atoms. The molecule has 21 heavy (non-hydrogen) atoms. The quantitative estimate of drug-likeness (QED) is 0.779. The Morgan fingerprint density at radius 2 is 2.05 bits per heavy atom. The molecule has 2 unspecified atom stereocenters. The van der Waals surface area contributed by atoms with E-state index >= 15 is 0 Å². The maximum Gasteiger partial charge on any atom is 0.0642 e. The molecule has 2 rings (SSSR count). The van der Waals surface area contributed by atoms with E-state index in [4.69, 9.17) is 11.6 Å². The van der Waals surface area contributed by atoms with Crippen LogP contribution in [0, 0.1) is 0 Å². The zero-order chi connectivity index (χ0) is 15.4. The fourth-order valence-corrected chi connectivity index (χ4v) is 3.58. The second-order valence-corrected chi connectivity index (χ2v) is 6.68. The van der Waals surface area contributed by atoms with Crippen molar-refractivity contribution in [2.24, 2.45) is 0 Å². The van der Waals surface area contributed by atoms with E-state index < -0.39 is 0 Å². The molecule has 0 saturated carbocycles. The molecule has 114 valence electrons. The summed E-state index contributed by atoms with van der Waals surface area (Å²) >= 11 is 8.29. The Hall–Kier alpha value is -1.03. The van der Waals surface area contributed by atoms with E-state index in [1.165, 1.54) is 10.4 Å². The number of nitrogens with one attached hydrogen (secondary N) is 1. The first-order chi connectivity index (χ1) is 10.0. The lowest BCUT2D eigenvalue weighted by molar-refractivity contribution is 0.598. The average molecular weight is 323 g/mol. The highest BCUT2D eigenvalue weighted by Crippen LogP contribution is 2.34. The smallest absolute Gasteiger partial charge is 0.0642 e. The third-order valence-corrected chi connectivity index (χ3v) is 5.24. The van der Waals surface area contributed by atoms with Crippen molar-refractivity contribution in [1.82, 2.24) is 5.32 Å². The highest BCUT2D eigenvalue weighted by molar-refractivity contribution is 7.10. The van der Waals surface area contributed by atoms with Gasteiger partial charge in [0.25, 0.3) is 0 Å². The van der Waals surface area contributed by atoms with Crippen molar-refractivity contribution in [3.05, 3.63) is 51.2 Å². The van der Waals surface area contributed by atoms with Crippen molar-refractivity contribution < 1.29 is 0 Å². The summed E-state index contributed by atoms with van der Waals surface area (Å²) in [4.78, 5) is 3.58. The molecule has 0 saturated heterocycles. The molecular weight excluding hydrogens is 300 g/mol. The molecule has 2 atom stereocenters. The Kier molecular flexibility index (Phi) is 5.68. The molecule has 0 aliphatic heterocycles. The molecule has 0 bridgehead atoms. The lowest BCUT2D eigenvalue weighted by atomic mass is 10.1. The lowest BCUT2D eigenvalue weighted by Crippen LogP contribution is -2.22. The van der Waals surface area contributed by atoms with Crippen molar-refractivity contribution in [2.45, 2.75) is 32.9 Å². The van der Waals surface area contributed by atoms with Gasteiger partial charge in [0.05, 0.1) is 16.8 Å². The van der Waals surface area contributed by atoms with Crippen LogP contribution in [0.15, 0.2) is 35.7 Å². The van der Waals surface area contributed by atoms with Crippen LogP contribution in [0.3, 0.4) is 0 Å². The van der Waals surface area contributed by atoms with E-state index in [1.54, 1.807) is 11.3 Å². The molecule has 2 nitrogen and oxygen atoms in total. The third-order valence-electron chi connectivity index (χ3n) is 3.90. The molecule has 1 aromatic heterocycles. The van der Waals surface area contributed by atoms with Gasteiger partial charge in [0, 0.05) is 18.0 Å². The first-order valence-corrected chi connectivity index (χ1v) is 8.59. The number of anilines is 1. The number of benzene rings is 1. The highest BCUT2D eigenvalue weighted by Gasteiger charge is 2.16. The van der Waals surface area contributed by atoms with E-state index in [0.717, 1.165) is 17.3 Å². The Morgan fingerprint density at radius 1 is 1.29 bits per heavy atom. The van der Waals surface area contributed by atoms with Crippen LogP contribution in [-0.4, -0.2) is 13.6 Å². The van der Waals surface area contributed by atoms with Crippen LogP contribution in [0.25, 0.3) is 0 Å². The maximum atomic E-state index is 6.51. The third kappa shape index (κ3) is 3.79. The van der Waals surface area contributed by atoms with Gasteiger partial charge in [-0.15, -0.1) is 11.3 Å². The number of hydrogen-bond donors (Lipinski definition) is 1. The van der Waals surface area contributed by atoms with Gasteiger partial charge in [0.1, 0.15) is 0 Å². The van der Waals surface area contributed by atoms with Gasteiger partial charge >= 0.3 is 0 Å². The molecule has 0 fully saturated rings. The summed E-state index contributed by atoms with van der Waals surface area (Å²) in [5.74, 6) is 0. The molecular formula is C17H23ClN2S. The Labute approximate surface area is 136 Å². The minimum atomic E-state index is 0.319. The zero-order valence-electron chi connectivity index (χ0n) is 13.1. The van der Waals surface area contributed by atoms with Crippen molar-refractivity contribution in [3.63, 3.8) is 0 Å². The van der Waals surface area contributed by atoms with Gasteiger partial charge in [-0.2, -0.15) is 0 Å². The minimum absolute atomic E-state index is 0.319.